The van der Waals surface area contributed by atoms with Gasteiger partial charge >= 0.3 is 0 Å². The molecule has 0 radical (unpaired) electrons. The lowest BCUT2D eigenvalue weighted by molar-refractivity contribution is 1.13. The summed E-state index contributed by atoms with van der Waals surface area (Å²) in [5, 5.41) is 4.78. The summed E-state index contributed by atoms with van der Waals surface area (Å²) in [6.45, 7) is 0. The Bertz CT molecular complexity index is 733. The lowest BCUT2D eigenvalue weighted by Gasteiger charge is -2.07. The summed E-state index contributed by atoms with van der Waals surface area (Å²) in [6.07, 6.45) is 3.11. The van der Waals surface area contributed by atoms with E-state index < -0.39 is 0 Å². The van der Waals surface area contributed by atoms with Gasteiger partial charge in [0.15, 0.2) is 5.82 Å². The molecule has 0 spiro atoms. The summed E-state index contributed by atoms with van der Waals surface area (Å²) in [7, 11) is 0. The molecule has 0 bridgehead atoms. The van der Waals surface area contributed by atoms with Crippen LogP contribution in [0, 0.1) is 0 Å². The molecule has 0 unspecified atom stereocenters. The van der Waals surface area contributed by atoms with Gasteiger partial charge < -0.3 is 0 Å². The lowest BCUT2D eigenvalue weighted by Crippen LogP contribution is -2.08. The highest BCUT2D eigenvalue weighted by molar-refractivity contribution is 6.29. The minimum atomic E-state index is 0.354. The van der Waals surface area contributed by atoms with Crippen molar-refractivity contribution >= 4 is 23.1 Å². The van der Waals surface area contributed by atoms with Gasteiger partial charge in [0.25, 0.3) is 0 Å². The summed E-state index contributed by atoms with van der Waals surface area (Å²) >= 11 is 5.84. The maximum absolute atomic E-state index is 5.84. The second kappa shape index (κ2) is 6.78. The van der Waals surface area contributed by atoms with Crippen molar-refractivity contribution < 1.29 is 0 Å². The van der Waals surface area contributed by atoms with Crippen LogP contribution in [0.2, 0.25) is 5.15 Å². The number of rotatable bonds is 4. The Labute approximate surface area is 132 Å². The quantitative estimate of drug-likeness (QED) is 0.456. The predicted molar refractivity (Wildman–Crippen MR) is 87.0 cm³/mol. The normalized spacial score (nSPS) is 11.2. The molecule has 0 saturated heterocycles. The number of benzene rings is 1. The number of hydrazone groups is 1. The number of aromatic nitrogens is 3. The highest BCUT2D eigenvalue weighted by atomic mass is 35.5. The molecular weight excluding hydrogens is 298 g/mol. The number of pyridine rings is 1. The third kappa shape index (κ3) is 3.45. The molecule has 0 atom stereocenters. The summed E-state index contributed by atoms with van der Waals surface area (Å²) in [5.41, 5.74) is 5.33. The Hall–Kier alpha value is -2.79. The molecule has 0 aliphatic carbocycles. The van der Waals surface area contributed by atoms with Crippen LogP contribution in [0.3, 0.4) is 0 Å². The Morgan fingerprint density at radius 2 is 1.77 bits per heavy atom. The molecule has 1 N–H and O–H groups in total. The van der Waals surface area contributed by atoms with Gasteiger partial charge in [-0.3, -0.25) is 10.4 Å². The minimum absolute atomic E-state index is 0.354. The Kier molecular flexibility index (Phi) is 4.36. The van der Waals surface area contributed by atoms with Crippen LogP contribution in [-0.2, 0) is 0 Å². The van der Waals surface area contributed by atoms with Crippen LogP contribution in [0.15, 0.2) is 72.2 Å². The van der Waals surface area contributed by atoms with Gasteiger partial charge in [0.05, 0.1) is 5.69 Å². The molecule has 0 fully saturated rings. The van der Waals surface area contributed by atoms with E-state index in [0.717, 1.165) is 17.0 Å². The largest absolute Gasteiger partial charge is 0.261 e. The Morgan fingerprint density at radius 1 is 0.955 bits per heavy atom. The third-order valence-corrected chi connectivity index (χ3v) is 3.08. The fourth-order valence-corrected chi connectivity index (χ4v) is 2.02. The van der Waals surface area contributed by atoms with Gasteiger partial charge in [0.1, 0.15) is 17.2 Å². The molecule has 0 amide bonds. The monoisotopic (exact) mass is 309 g/mol. The zero-order chi connectivity index (χ0) is 15.2. The molecule has 0 saturated carbocycles. The molecule has 0 aliphatic rings. The first-order chi connectivity index (χ1) is 10.8. The lowest BCUT2D eigenvalue weighted by atomic mass is 10.1. The summed E-state index contributed by atoms with van der Waals surface area (Å²) in [5.74, 6) is 0.518. The van der Waals surface area contributed by atoms with Crippen molar-refractivity contribution in [2.24, 2.45) is 5.10 Å². The SMILES string of the molecule is Clc1cc(NN=C(c2ccccc2)c2ccccn2)ncn1. The number of halogens is 1. The standard InChI is InChI=1S/C16H12ClN5/c17-14-10-15(20-11-19-14)21-22-16(12-6-2-1-3-7-12)13-8-4-5-9-18-13/h1-11H,(H,19,20,21). The van der Waals surface area contributed by atoms with E-state index in [0.29, 0.717) is 11.0 Å². The maximum atomic E-state index is 5.84. The fourth-order valence-electron chi connectivity index (χ4n) is 1.88. The summed E-state index contributed by atoms with van der Waals surface area (Å²) < 4.78 is 0. The van der Waals surface area contributed by atoms with Gasteiger partial charge in [-0.05, 0) is 12.1 Å². The van der Waals surface area contributed by atoms with Crippen molar-refractivity contribution in [2.45, 2.75) is 0 Å². The maximum Gasteiger partial charge on any atom is 0.151 e. The summed E-state index contributed by atoms with van der Waals surface area (Å²) in [6, 6.07) is 17.1. The van der Waals surface area contributed by atoms with E-state index in [4.69, 9.17) is 11.6 Å². The molecule has 108 valence electrons. The zero-order valence-corrected chi connectivity index (χ0v) is 12.3. The second-order valence-electron chi connectivity index (χ2n) is 4.38. The number of nitrogens with zero attached hydrogens (tertiary/aromatic N) is 4. The molecule has 6 heteroatoms. The van der Waals surface area contributed by atoms with Crippen molar-refractivity contribution in [1.82, 2.24) is 15.0 Å². The minimum Gasteiger partial charge on any atom is -0.261 e. The van der Waals surface area contributed by atoms with Crippen LogP contribution in [-0.4, -0.2) is 20.7 Å². The number of anilines is 1. The molecule has 1 aromatic carbocycles. The van der Waals surface area contributed by atoms with Crippen molar-refractivity contribution in [3.05, 3.63) is 83.5 Å². The molecule has 3 aromatic rings. The average Bonchev–Trinajstić information content (AvgIpc) is 2.57. The highest BCUT2D eigenvalue weighted by Gasteiger charge is 2.08. The fraction of sp³-hybridized carbons (Fsp3) is 0. The number of hydrogen-bond acceptors (Lipinski definition) is 5. The topological polar surface area (TPSA) is 63.1 Å². The molecule has 2 heterocycles. The van der Waals surface area contributed by atoms with E-state index in [1.165, 1.54) is 6.33 Å². The Morgan fingerprint density at radius 3 is 2.50 bits per heavy atom. The van der Waals surface area contributed by atoms with Gasteiger partial charge in [0, 0.05) is 17.8 Å². The van der Waals surface area contributed by atoms with Crippen LogP contribution >= 0.6 is 11.6 Å². The van der Waals surface area contributed by atoms with E-state index >= 15 is 0 Å². The number of nitrogens with one attached hydrogen (secondary N) is 1. The van der Waals surface area contributed by atoms with Crippen LogP contribution in [0.25, 0.3) is 0 Å². The van der Waals surface area contributed by atoms with Crippen LogP contribution < -0.4 is 5.43 Å². The van der Waals surface area contributed by atoms with Crippen molar-refractivity contribution in [2.75, 3.05) is 5.43 Å². The molecule has 0 aliphatic heterocycles. The van der Waals surface area contributed by atoms with Gasteiger partial charge in [-0.15, -0.1) is 0 Å². The first kappa shape index (κ1) is 14.2. The third-order valence-electron chi connectivity index (χ3n) is 2.87. The van der Waals surface area contributed by atoms with Gasteiger partial charge in [0.2, 0.25) is 0 Å². The van der Waals surface area contributed by atoms with Crippen molar-refractivity contribution in [3.63, 3.8) is 0 Å². The van der Waals surface area contributed by atoms with E-state index in [-0.39, 0.29) is 0 Å². The molecule has 3 rings (SSSR count). The predicted octanol–water partition coefficient (Wildman–Crippen LogP) is 3.39. The highest BCUT2D eigenvalue weighted by Crippen LogP contribution is 2.12. The van der Waals surface area contributed by atoms with E-state index in [9.17, 15) is 0 Å². The smallest absolute Gasteiger partial charge is 0.151 e. The van der Waals surface area contributed by atoms with Gasteiger partial charge in [-0.1, -0.05) is 48.0 Å². The molecule has 2 aromatic heterocycles. The van der Waals surface area contributed by atoms with Crippen LogP contribution in [0.1, 0.15) is 11.3 Å². The molecule has 22 heavy (non-hydrogen) atoms. The van der Waals surface area contributed by atoms with E-state index in [1.807, 2.05) is 48.5 Å². The number of hydrogen-bond donors (Lipinski definition) is 1. The van der Waals surface area contributed by atoms with Gasteiger partial charge in [-0.25, -0.2) is 9.97 Å². The molecule has 5 nitrogen and oxygen atoms in total. The Balaban J connectivity index is 1.97. The van der Waals surface area contributed by atoms with Crippen molar-refractivity contribution in [3.8, 4) is 0 Å². The van der Waals surface area contributed by atoms with Crippen LogP contribution in [0.5, 0.6) is 0 Å². The summed E-state index contributed by atoms with van der Waals surface area (Å²) in [4.78, 5) is 12.3. The first-order valence-corrected chi connectivity index (χ1v) is 6.99. The average molecular weight is 310 g/mol. The van der Waals surface area contributed by atoms with E-state index in [2.05, 4.69) is 25.5 Å². The van der Waals surface area contributed by atoms with Crippen molar-refractivity contribution in [1.29, 1.82) is 0 Å². The molecular formula is C16H12ClN5. The van der Waals surface area contributed by atoms with Gasteiger partial charge in [-0.2, -0.15) is 5.10 Å². The van der Waals surface area contributed by atoms with Crippen LogP contribution in [0.4, 0.5) is 5.82 Å². The van der Waals surface area contributed by atoms with E-state index in [1.54, 1.807) is 12.3 Å². The first-order valence-electron chi connectivity index (χ1n) is 6.61. The second-order valence-corrected chi connectivity index (χ2v) is 4.77. The zero-order valence-electron chi connectivity index (χ0n) is 11.5.